The molecule has 2 atom stereocenters. The van der Waals surface area contributed by atoms with Crippen molar-refractivity contribution in [2.24, 2.45) is 0 Å². The summed E-state index contributed by atoms with van der Waals surface area (Å²) in [6.07, 6.45) is 0. The Kier molecular flexibility index (Phi) is 15.2. The molecule has 2 heterocycles. The van der Waals surface area contributed by atoms with Gasteiger partial charge in [0.2, 0.25) is 31.9 Å². The molecule has 0 aliphatic carbocycles. The van der Waals surface area contributed by atoms with Gasteiger partial charge in [-0.2, -0.15) is 8.61 Å². The zero-order valence-electron chi connectivity index (χ0n) is 33.7. The summed E-state index contributed by atoms with van der Waals surface area (Å²) in [5, 5.41) is 3.48. The van der Waals surface area contributed by atoms with Crippen LogP contribution in [-0.2, 0) is 42.7 Å². The van der Waals surface area contributed by atoms with Crippen LogP contribution >= 0.6 is 35.1 Å². The van der Waals surface area contributed by atoms with Crippen molar-refractivity contribution < 1.29 is 39.6 Å². The van der Waals surface area contributed by atoms with E-state index in [0.717, 1.165) is 38.7 Å². The molecule has 2 fully saturated rings. The maximum Gasteiger partial charge on any atom is 0.249 e. The number of halogens is 4. The second-order valence-electron chi connectivity index (χ2n) is 14.3. The number of carbonyl (C=O) groups excluding carboxylic acids is 2. The van der Waals surface area contributed by atoms with Crippen molar-refractivity contribution in [3.8, 4) is 22.3 Å². The maximum absolute atomic E-state index is 13.8. The summed E-state index contributed by atoms with van der Waals surface area (Å²) < 4.78 is 96.0. The molecule has 64 heavy (non-hydrogen) atoms. The van der Waals surface area contributed by atoms with E-state index in [2.05, 4.69) is 10.6 Å². The third kappa shape index (κ3) is 10.9. The quantitative estimate of drug-likeness (QED) is 0.125. The lowest BCUT2D eigenvalue weighted by molar-refractivity contribution is -0.123. The van der Waals surface area contributed by atoms with Crippen LogP contribution in [0, 0.1) is 17.5 Å². The standard InChI is InChI=1S/C23H20ClFN2O3S2.C23H20F2N2O3S2/c24-21-14-19(25)9-6-18(21)15-26-22(28)23-27(12-13-31-23)32(29,30)20-10-7-17(8-11-20)16-4-2-1-3-5-16;24-20-7-4-8-21(25)19(20)15-26-22(28)23-27(13-14-31-23)32(29,30)18-11-9-17(10-12-18)16-5-2-1-3-6-16/h1-11,14,23H,12-13,15H2,(H,26,28);1-12,23H,13-15H2,(H,26,28). The molecule has 0 radical (unpaired) electrons. The lowest BCUT2D eigenvalue weighted by Gasteiger charge is -2.23. The lowest BCUT2D eigenvalue weighted by Crippen LogP contribution is -2.44. The van der Waals surface area contributed by atoms with E-state index in [1.165, 1.54) is 64.2 Å². The van der Waals surface area contributed by atoms with Gasteiger partial charge in [0, 0.05) is 48.3 Å². The van der Waals surface area contributed by atoms with E-state index < -0.39 is 60.1 Å². The second kappa shape index (κ2) is 20.8. The predicted molar refractivity (Wildman–Crippen MR) is 245 cm³/mol. The van der Waals surface area contributed by atoms with Crippen LogP contribution in [0.4, 0.5) is 13.2 Å². The minimum absolute atomic E-state index is 0.0780. The summed E-state index contributed by atoms with van der Waals surface area (Å²) >= 11 is 8.44. The molecule has 0 saturated carbocycles. The molecule has 2 aliphatic heterocycles. The Labute approximate surface area is 383 Å². The first-order valence-corrected chi connectivity index (χ1v) is 25.1. The van der Waals surface area contributed by atoms with Crippen LogP contribution in [-0.4, -0.2) is 72.6 Å². The van der Waals surface area contributed by atoms with Gasteiger partial charge in [-0.15, -0.1) is 23.5 Å². The topological polar surface area (TPSA) is 133 Å². The molecule has 2 saturated heterocycles. The van der Waals surface area contributed by atoms with E-state index in [4.69, 9.17) is 11.6 Å². The molecule has 0 bridgehead atoms. The van der Waals surface area contributed by atoms with Crippen LogP contribution < -0.4 is 10.6 Å². The van der Waals surface area contributed by atoms with E-state index in [-0.39, 0.29) is 46.6 Å². The molecular weight excluding hydrogens is 925 g/mol. The van der Waals surface area contributed by atoms with Gasteiger partial charge in [-0.05, 0) is 76.3 Å². The number of rotatable bonds is 12. The fourth-order valence-electron chi connectivity index (χ4n) is 6.88. The first kappa shape index (κ1) is 46.8. The largest absolute Gasteiger partial charge is 0.350 e. The Balaban J connectivity index is 0.000000191. The Hall–Kier alpha value is -5.14. The third-order valence-corrected chi connectivity index (χ3v) is 17.0. The van der Waals surface area contributed by atoms with E-state index in [1.807, 2.05) is 60.7 Å². The highest BCUT2D eigenvalue weighted by Gasteiger charge is 2.41. The fraction of sp³-hybridized carbons (Fsp3) is 0.174. The maximum atomic E-state index is 13.8. The number of sulfonamides is 2. The summed E-state index contributed by atoms with van der Waals surface area (Å²) in [4.78, 5) is 25.7. The Morgan fingerprint density at radius 2 is 0.984 bits per heavy atom. The van der Waals surface area contributed by atoms with Crippen LogP contribution in [0.5, 0.6) is 0 Å². The number of amides is 2. The molecule has 2 N–H and O–H groups in total. The van der Waals surface area contributed by atoms with E-state index in [9.17, 15) is 39.6 Å². The smallest absolute Gasteiger partial charge is 0.249 e. The molecule has 0 spiro atoms. The highest BCUT2D eigenvalue weighted by molar-refractivity contribution is 8.02. The molecule has 332 valence electrons. The number of thioether (sulfide) groups is 2. The van der Waals surface area contributed by atoms with Gasteiger partial charge < -0.3 is 10.6 Å². The first-order valence-electron chi connectivity index (χ1n) is 19.7. The Morgan fingerprint density at radius 1 is 0.562 bits per heavy atom. The van der Waals surface area contributed by atoms with Crippen LogP contribution in [0.3, 0.4) is 0 Å². The first-order chi connectivity index (χ1) is 30.7. The van der Waals surface area contributed by atoms with Crippen molar-refractivity contribution in [2.75, 3.05) is 24.6 Å². The number of carbonyl (C=O) groups is 2. The highest BCUT2D eigenvalue weighted by Crippen LogP contribution is 2.33. The molecule has 0 aromatic heterocycles. The van der Waals surface area contributed by atoms with Gasteiger partial charge in [0.1, 0.15) is 28.2 Å². The van der Waals surface area contributed by atoms with Crippen molar-refractivity contribution in [2.45, 2.75) is 33.6 Å². The number of nitrogens with zero attached hydrogens (tertiary/aromatic N) is 2. The van der Waals surface area contributed by atoms with Crippen molar-refractivity contribution in [1.29, 1.82) is 0 Å². The number of nitrogens with one attached hydrogen (secondary N) is 2. The van der Waals surface area contributed by atoms with E-state index >= 15 is 0 Å². The minimum Gasteiger partial charge on any atom is -0.350 e. The summed E-state index contributed by atoms with van der Waals surface area (Å²) in [6, 6.07) is 39.7. The van der Waals surface area contributed by atoms with Gasteiger partial charge in [-0.1, -0.05) is 109 Å². The predicted octanol–water partition coefficient (Wildman–Crippen LogP) is 8.54. The Bertz CT molecular complexity index is 2810. The molecule has 2 aliphatic rings. The van der Waals surface area contributed by atoms with E-state index in [1.54, 1.807) is 36.4 Å². The zero-order valence-corrected chi connectivity index (χ0v) is 37.8. The lowest BCUT2D eigenvalue weighted by atomic mass is 10.1. The monoisotopic (exact) mass is 964 g/mol. The molecule has 8 rings (SSSR count). The van der Waals surface area contributed by atoms with Crippen molar-refractivity contribution >= 4 is 67.0 Å². The van der Waals surface area contributed by atoms with Gasteiger partial charge in [0.25, 0.3) is 0 Å². The highest BCUT2D eigenvalue weighted by atomic mass is 35.5. The van der Waals surface area contributed by atoms with Gasteiger partial charge in [0.15, 0.2) is 0 Å². The van der Waals surface area contributed by atoms with Crippen LogP contribution in [0.25, 0.3) is 22.3 Å². The SMILES string of the molecule is O=C(NCc1c(F)cccc1F)C1SCCN1S(=O)(=O)c1ccc(-c2ccccc2)cc1.O=C(NCc1ccc(F)cc1Cl)C1SCCN1S(=O)(=O)c1ccc(-c2ccccc2)cc1. The third-order valence-electron chi connectivity index (χ3n) is 10.3. The average Bonchev–Trinajstić information content (AvgIpc) is 4.02. The van der Waals surface area contributed by atoms with Gasteiger partial charge >= 0.3 is 0 Å². The van der Waals surface area contributed by atoms with Crippen molar-refractivity contribution in [1.82, 2.24) is 19.2 Å². The summed E-state index contributed by atoms with van der Waals surface area (Å²) in [6.45, 7) is 0.116. The average molecular weight is 966 g/mol. The summed E-state index contributed by atoms with van der Waals surface area (Å²) in [5.41, 5.74) is 4.02. The van der Waals surface area contributed by atoms with Gasteiger partial charge in [-0.3, -0.25) is 9.59 Å². The number of hydrogen-bond acceptors (Lipinski definition) is 8. The van der Waals surface area contributed by atoms with E-state index in [0.29, 0.717) is 17.1 Å². The second-order valence-corrected chi connectivity index (χ2v) is 20.9. The Morgan fingerprint density at radius 3 is 1.42 bits per heavy atom. The van der Waals surface area contributed by atoms with Crippen molar-refractivity contribution in [3.05, 3.63) is 179 Å². The molecule has 2 unspecified atom stereocenters. The van der Waals surface area contributed by atoms with Crippen LogP contribution in [0.2, 0.25) is 5.02 Å². The normalized spacial score (nSPS) is 16.8. The zero-order chi connectivity index (χ0) is 45.4. The van der Waals surface area contributed by atoms with Crippen LogP contribution in [0.1, 0.15) is 11.1 Å². The molecular formula is C46H40ClF3N4O6S4. The van der Waals surface area contributed by atoms with Gasteiger partial charge in [-0.25, -0.2) is 30.0 Å². The minimum atomic E-state index is -3.93. The fourth-order valence-corrected chi connectivity index (χ4v) is 13.3. The molecule has 6 aromatic rings. The summed E-state index contributed by atoms with van der Waals surface area (Å²) in [7, 11) is -7.78. The number of hydrogen-bond donors (Lipinski definition) is 2. The number of benzene rings is 6. The van der Waals surface area contributed by atoms with Gasteiger partial charge in [0.05, 0.1) is 9.79 Å². The molecule has 18 heteroatoms. The molecule has 10 nitrogen and oxygen atoms in total. The summed E-state index contributed by atoms with van der Waals surface area (Å²) in [5.74, 6) is -2.10. The van der Waals surface area contributed by atoms with Crippen LogP contribution in [0.15, 0.2) is 155 Å². The molecule has 2 amide bonds. The van der Waals surface area contributed by atoms with Crippen molar-refractivity contribution in [3.63, 3.8) is 0 Å². The molecule has 6 aromatic carbocycles.